The molecule has 1 saturated heterocycles. The van der Waals surface area contributed by atoms with Crippen LogP contribution in [0.1, 0.15) is 11.1 Å². The molecule has 3 aromatic rings. The summed E-state index contributed by atoms with van der Waals surface area (Å²) in [6, 6.07) is 7.53. The highest BCUT2D eigenvalue weighted by Gasteiger charge is 2.20. The van der Waals surface area contributed by atoms with E-state index in [1.54, 1.807) is 0 Å². The number of aromatic amines is 1. The van der Waals surface area contributed by atoms with Crippen molar-refractivity contribution in [1.29, 1.82) is 0 Å². The first-order valence-corrected chi connectivity index (χ1v) is 8.12. The average molecular weight is 346 g/mol. The third-order valence-electron chi connectivity index (χ3n) is 4.11. The third kappa shape index (κ3) is 2.76. The number of rotatable bonds is 3. The van der Waals surface area contributed by atoms with E-state index in [1.807, 2.05) is 24.3 Å². The van der Waals surface area contributed by atoms with E-state index < -0.39 is 0 Å². The van der Waals surface area contributed by atoms with Gasteiger partial charge >= 0.3 is 0 Å². The van der Waals surface area contributed by atoms with Crippen molar-refractivity contribution in [3.8, 4) is 0 Å². The molecule has 2 aromatic heterocycles. The topological polar surface area (TPSA) is 75.5 Å². The number of hydrogen-bond donors (Lipinski definition) is 1. The van der Waals surface area contributed by atoms with Gasteiger partial charge in [-0.3, -0.25) is 4.79 Å². The van der Waals surface area contributed by atoms with Crippen molar-refractivity contribution < 1.29 is 4.74 Å². The third-order valence-corrected chi connectivity index (χ3v) is 4.35. The molecule has 0 unspecified atom stereocenters. The Bertz CT molecular complexity index is 930. The van der Waals surface area contributed by atoms with Crippen molar-refractivity contribution in [2.45, 2.75) is 6.42 Å². The lowest BCUT2D eigenvalue weighted by atomic mass is 10.1. The zero-order valence-electron chi connectivity index (χ0n) is 12.9. The van der Waals surface area contributed by atoms with E-state index in [2.05, 4.69) is 20.0 Å². The molecule has 1 aliphatic heterocycles. The molecule has 0 spiro atoms. The molecule has 1 fully saturated rings. The second kappa shape index (κ2) is 6.26. The largest absolute Gasteiger partial charge is 0.378 e. The van der Waals surface area contributed by atoms with E-state index in [4.69, 9.17) is 16.3 Å². The lowest BCUT2D eigenvalue weighted by Crippen LogP contribution is -2.39. The molecule has 124 valence electrons. The summed E-state index contributed by atoms with van der Waals surface area (Å²) in [6.45, 7) is 2.72. The van der Waals surface area contributed by atoms with Crippen LogP contribution in [0.4, 0.5) is 5.82 Å². The summed E-state index contributed by atoms with van der Waals surface area (Å²) >= 11 is 6.08. The molecule has 0 amide bonds. The standard InChI is InChI=1S/C16H16ClN5O2/c17-12-3-1-2-11(8-12)9-13-14(21-4-6-24-7-5-21)20-16-18-10-19-22(16)15(13)23/h1-3,8,10H,4-7,9H2,(H,18,19,20). The van der Waals surface area contributed by atoms with Gasteiger partial charge in [0.15, 0.2) is 0 Å². The second-order valence-corrected chi connectivity index (χ2v) is 6.10. The number of hydrogen-bond acceptors (Lipinski definition) is 5. The van der Waals surface area contributed by atoms with Crippen LogP contribution in [0, 0.1) is 0 Å². The summed E-state index contributed by atoms with van der Waals surface area (Å²) in [5.41, 5.74) is 1.46. The minimum atomic E-state index is -0.164. The van der Waals surface area contributed by atoms with E-state index >= 15 is 0 Å². The molecule has 24 heavy (non-hydrogen) atoms. The fourth-order valence-corrected chi connectivity index (χ4v) is 3.17. The van der Waals surface area contributed by atoms with Gasteiger partial charge in [0, 0.05) is 24.5 Å². The molecule has 0 aliphatic carbocycles. The minimum Gasteiger partial charge on any atom is -0.378 e. The summed E-state index contributed by atoms with van der Waals surface area (Å²) < 4.78 is 6.71. The second-order valence-electron chi connectivity index (χ2n) is 5.66. The van der Waals surface area contributed by atoms with Crippen molar-refractivity contribution in [3.05, 3.63) is 57.1 Å². The minimum absolute atomic E-state index is 0.164. The molecular weight excluding hydrogens is 330 g/mol. The molecule has 0 radical (unpaired) electrons. The lowest BCUT2D eigenvalue weighted by Gasteiger charge is -2.29. The molecule has 4 rings (SSSR count). The quantitative estimate of drug-likeness (QED) is 0.778. The van der Waals surface area contributed by atoms with E-state index in [9.17, 15) is 4.79 Å². The number of benzene rings is 1. The van der Waals surface area contributed by atoms with Crippen LogP contribution in [0.25, 0.3) is 5.78 Å². The summed E-state index contributed by atoms with van der Waals surface area (Å²) in [5.74, 6) is 1.22. The summed E-state index contributed by atoms with van der Waals surface area (Å²) in [7, 11) is 0. The highest BCUT2D eigenvalue weighted by Crippen LogP contribution is 2.21. The Hall–Kier alpha value is -2.38. The highest BCUT2D eigenvalue weighted by molar-refractivity contribution is 6.30. The van der Waals surface area contributed by atoms with Crippen LogP contribution in [0.3, 0.4) is 0 Å². The fourth-order valence-electron chi connectivity index (χ4n) is 2.95. The van der Waals surface area contributed by atoms with E-state index in [0.717, 1.165) is 24.5 Å². The number of nitrogens with zero attached hydrogens (tertiary/aromatic N) is 4. The SMILES string of the molecule is O=c1c(Cc2cccc(Cl)c2)c(N2CCOCC2)[nH]c2ncnn12. The molecule has 1 aromatic carbocycles. The maximum atomic E-state index is 12.9. The van der Waals surface area contributed by atoms with Gasteiger partial charge in [-0.2, -0.15) is 14.6 Å². The number of morpholine rings is 1. The average Bonchev–Trinajstić information content (AvgIpc) is 3.07. The van der Waals surface area contributed by atoms with Gasteiger partial charge in [-0.25, -0.2) is 0 Å². The molecule has 0 bridgehead atoms. The van der Waals surface area contributed by atoms with Crippen molar-refractivity contribution in [1.82, 2.24) is 19.6 Å². The van der Waals surface area contributed by atoms with E-state index in [1.165, 1.54) is 10.8 Å². The van der Waals surface area contributed by atoms with Crippen LogP contribution < -0.4 is 10.5 Å². The maximum absolute atomic E-state index is 12.9. The van der Waals surface area contributed by atoms with Gasteiger partial charge < -0.3 is 14.6 Å². The van der Waals surface area contributed by atoms with Gasteiger partial charge in [-0.1, -0.05) is 23.7 Å². The maximum Gasteiger partial charge on any atom is 0.281 e. The normalized spacial score (nSPS) is 15.1. The van der Waals surface area contributed by atoms with Crippen LogP contribution in [0.2, 0.25) is 5.02 Å². The van der Waals surface area contributed by atoms with Gasteiger partial charge in [-0.15, -0.1) is 0 Å². The highest BCUT2D eigenvalue weighted by atomic mass is 35.5. The zero-order chi connectivity index (χ0) is 16.5. The van der Waals surface area contributed by atoms with Gasteiger partial charge in [0.05, 0.1) is 18.8 Å². The first-order chi connectivity index (χ1) is 11.7. The van der Waals surface area contributed by atoms with Crippen LogP contribution >= 0.6 is 11.6 Å². The predicted octanol–water partition coefficient (Wildman–Crippen LogP) is 1.50. The van der Waals surface area contributed by atoms with Gasteiger partial charge in [0.1, 0.15) is 12.1 Å². The Labute approximate surface area is 142 Å². The Morgan fingerprint density at radius 1 is 1.29 bits per heavy atom. The first kappa shape index (κ1) is 15.2. The lowest BCUT2D eigenvalue weighted by molar-refractivity contribution is 0.122. The molecule has 3 heterocycles. The first-order valence-electron chi connectivity index (χ1n) is 7.74. The monoisotopic (exact) mass is 345 g/mol. The summed E-state index contributed by atoms with van der Waals surface area (Å²) in [4.78, 5) is 22.4. The Balaban J connectivity index is 1.84. The number of halogens is 1. The van der Waals surface area contributed by atoms with Crippen LogP contribution in [-0.4, -0.2) is 45.9 Å². The van der Waals surface area contributed by atoms with Gasteiger partial charge in [0.25, 0.3) is 5.56 Å². The molecule has 7 nitrogen and oxygen atoms in total. The molecular formula is C16H16ClN5O2. The molecule has 0 atom stereocenters. The van der Waals surface area contributed by atoms with Crippen molar-refractivity contribution in [2.24, 2.45) is 0 Å². The van der Waals surface area contributed by atoms with E-state index in [0.29, 0.717) is 36.0 Å². The fraction of sp³-hybridized carbons (Fsp3) is 0.312. The Morgan fingerprint density at radius 3 is 2.92 bits per heavy atom. The Morgan fingerprint density at radius 2 is 2.12 bits per heavy atom. The number of H-pyrrole nitrogens is 1. The van der Waals surface area contributed by atoms with Crippen LogP contribution in [0.15, 0.2) is 35.4 Å². The zero-order valence-corrected chi connectivity index (χ0v) is 13.7. The summed E-state index contributed by atoms with van der Waals surface area (Å²) in [6.07, 6.45) is 1.85. The molecule has 0 saturated carbocycles. The smallest absolute Gasteiger partial charge is 0.281 e. The number of aromatic nitrogens is 4. The molecule has 1 aliphatic rings. The molecule has 8 heteroatoms. The predicted molar refractivity (Wildman–Crippen MR) is 90.9 cm³/mol. The van der Waals surface area contributed by atoms with Crippen LogP contribution in [0.5, 0.6) is 0 Å². The van der Waals surface area contributed by atoms with Crippen molar-refractivity contribution in [3.63, 3.8) is 0 Å². The number of anilines is 1. The Kier molecular flexibility index (Phi) is 3.95. The van der Waals surface area contributed by atoms with Crippen molar-refractivity contribution in [2.75, 3.05) is 31.2 Å². The van der Waals surface area contributed by atoms with Gasteiger partial charge in [0.2, 0.25) is 5.78 Å². The number of fused-ring (bicyclic) bond motifs is 1. The van der Waals surface area contributed by atoms with Crippen molar-refractivity contribution >= 4 is 23.2 Å². The van der Waals surface area contributed by atoms with Crippen LogP contribution in [-0.2, 0) is 11.2 Å². The number of ether oxygens (including phenoxy) is 1. The molecule has 1 N–H and O–H groups in total. The number of nitrogens with one attached hydrogen (secondary N) is 1. The summed E-state index contributed by atoms with van der Waals surface area (Å²) in [5, 5.41) is 4.67. The van der Waals surface area contributed by atoms with Gasteiger partial charge in [-0.05, 0) is 17.7 Å². The van der Waals surface area contributed by atoms with E-state index in [-0.39, 0.29) is 5.56 Å².